The fourth-order valence-electron chi connectivity index (χ4n) is 2.80. The molecule has 0 saturated carbocycles. The van der Waals surface area contributed by atoms with Gasteiger partial charge in [0.05, 0.1) is 24.6 Å². The summed E-state index contributed by atoms with van der Waals surface area (Å²) in [4.78, 5) is 26.8. The molecule has 0 fully saturated rings. The van der Waals surface area contributed by atoms with Crippen molar-refractivity contribution in [2.45, 2.75) is 12.8 Å². The smallest absolute Gasteiger partial charge is 0.345 e. The van der Waals surface area contributed by atoms with E-state index in [0.29, 0.717) is 11.4 Å². The van der Waals surface area contributed by atoms with Crippen molar-refractivity contribution in [1.29, 1.82) is 0 Å². The van der Waals surface area contributed by atoms with Crippen LogP contribution >= 0.6 is 11.3 Å². The Bertz CT molecular complexity index is 976. The molecule has 142 valence electrons. The number of hydrogen-bond acceptors (Lipinski definition) is 5. The highest BCUT2D eigenvalue weighted by atomic mass is 32.1. The minimum atomic E-state index is -1.02. The largest absolute Gasteiger partial charge is 0.497 e. The molecule has 1 aromatic carbocycles. The number of aromatic nitrogens is 1. The van der Waals surface area contributed by atoms with E-state index < -0.39 is 5.97 Å². The third kappa shape index (κ3) is 4.22. The molecule has 0 radical (unpaired) electrons. The van der Waals surface area contributed by atoms with Gasteiger partial charge in [-0.25, -0.2) is 4.79 Å². The summed E-state index contributed by atoms with van der Waals surface area (Å²) >= 11 is 0.971. The quantitative estimate of drug-likeness (QED) is 0.514. The van der Waals surface area contributed by atoms with E-state index in [2.05, 4.69) is 10.3 Å². The summed E-state index contributed by atoms with van der Waals surface area (Å²) in [5.74, 6) is 0.184. The van der Waals surface area contributed by atoms with Crippen molar-refractivity contribution < 1.29 is 24.2 Å². The average Bonchev–Trinajstić information content (AvgIpc) is 3.31. The van der Waals surface area contributed by atoms with Crippen LogP contribution in [-0.2, 0) is 6.42 Å². The van der Waals surface area contributed by atoms with Gasteiger partial charge < -0.3 is 24.9 Å². The Morgan fingerprint density at radius 2 is 1.93 bits per heavy atom. The van der Waals surface area contributed by atoms with Crippen LogP contribution < -0.4 is 14.8 Å². The highest BCUT2D eigenvalue weighted by Crippen LogP contribution is 2.31. The van der Waals surface area contributed by atoms with Crippen molar-refractivity contribution in [2.75, 3.05) is 20.8 Å². The molecule has 0 spiro atoms. The zero-order valence-electron chi connectivity index (χ0n) is 15.0. The first kappa shape index (κ1) is 18.8. The average molecular weight is 388 g/mol. The Morgan fingerprint density at radius 3 is 2.59 bits per heavy atom. The van der Waals surface area contributed by atoms with Crippen molar-refractivity contribution >= 4 is 34.1 Å². The second kappa shape index (κ2) is 8.13. The number of amides is 1. The maximum atomic E-state index is 12.1. The molecule has 7 nitrogen and oxygen atoms in total. The lowest BCUT2D eigenvalue weighted by atomic mass is 10.2. The molecule has 2 aromatic heterocycles. The number of aromatic amines is 1. The molecule has 27 heavy (non-hydrogen) atoms. The van der Waals surface area contributed by atoms with Crippen LogP contribution in [0.3, 0.4) is 0 Å². The second-order valence-electron chi connectivity index (χ2n) is 5.91. The van der Waals surface area contributed by atoms with E-state index in [9.17, 15) is 9.59 Å². The SMILES string of the molecule is COc1cc(OC)c2cc(CCCNC(=O)c3ccc(C(=O)O)s3)[nH]c2c1. The van der Waals surface area contributed by atoms with E-state index in [1.807, 2.05) is 18.2 Å². The minimum Gasteiger partial charge on any atom is -0.497 e. The first-order valence-electron chi connectivity index (χ1n) is 8.36. The number of carboxylic acid groups (broad SMARTS) is 1. The minimum absolute atomic E-state index is 0.155. The number of rotatable bonds is 8. The molecule has 8 heteroatoms. The Kier molecular flexibility index (Phi) is 5.66. The summed E-state index contributed by atoms with van der Waals surface area (Å²) < 4.78 is 10.7. The molecule has 3 rings (SSSR count). The third-order valence-corrected chi connectivity index (χ3v) is 5.21. The van der Waals surface area contributed by atoms with Crippen molar-refractivity contribution in [1.82, 2.24) is 10.3 Å². The summed E-state index contributed by atoms with van der Waals surface area (Å²) in [6.45, 7) is 0.495. The molecule has 0 aliphatic rings. The number of aryl methyl sites for hydroxylation is 1. The predicted molar refractivity (Wildman–Crippen MR) is 103 cm³/mol. The number of nitrogens with one attached hydrogen (secondary N) is 2. The Morgan fingerprint density at radius 1 is 1.15 bits per heavy atom. The standard InChI is InChI=1S/C19H20N2O5S/c1-25-12-9-14-13(15(10-12)26-2)8-11(21-14)4-3-7-20-18(22)16-5-6-17(27-16)19(23)24/h5-6,8-10,21H,3-4,7H2,1-2H3,(H,20,22)(H,23,24). The number of carbonyl (C=O) groups excluding carboxylic acids is 1. The number of methoxy groups -OCH3 is 2. The lowest BCUT2D eigenvalue weighted by Crippen LogP contribution is -2.23. The van der Waals surface area contributed by atoms with E-state index in [-0.39, 0.29) is 10.8 Å². The van der Waals surface area contributed by atoms with Crippen LogP contribution in [0, 0.1) is 0 Å². The number of fused-ring (bicyclic) bond motifs is 1. The van der Waals surface area contributed by atoms with Gasteiger partial charge in [0.1, 0.15) is 16.4 Å². The van der Waals surface area contributed by atoms with Crippen molar-refractivity contribution in [3.05, 3.63) is 45.8 Å². The molecular weight excluding hydrogens is 368 g/mol. The highest BCUT2D eigenvalue weighted by molar-refractivity contribution is 7.15. The zero-order valence-corrected chi connectivity index (χ0v) is 15.8. The van der Waals surface area contributed by atoms with E-state index in [1.54, 1.807) is 14.2 Å². The van der Waals surface area contributed by atoms with Crippen molar-refractivity contribution in [3.63, 3.8) is 0 Å². The maximum absolute atomic E-state index is 12.1. The molecule has 0 aliphatic heterocycles. The molecule has 3 N–H and O–H groups in total. The van der Waals surface area contributed by atoms with Gasteiger partial charge in [-0.1, -0.05) is 0 Å². The van der Waals surface area contributed by atoms with Gasteiger partial charge in [0.15, 0.2) is 0 Å². The first-order valence-corrected chi connectivity index (χ1v) is 9.18. The van der Waals surface area contributed by atoms with Gasteiger partial charge in [0.25, 0.3) is 5.91 Å². The normalized spacial score (nSPS) is 10.7. The van der Waals surface area contributed by atoms with Crippen LogP contribution in [0.25, 0.3) is 10.9 Å². The summed E-state index contributed by atoms with van der Waals surface area (Å²) in [6.07, 6.45) is 1.50. The van der Waals surface area contributed by atoms with Gasteiger partial charge in [-0.3, -0.25) is 4.79 Å². The summed E-state index contributed by atoms with van der Waals surface area (Å²) in [5, 5.41) is 12.7. The number of H-pyrrole nitrogens is 1. The maximum Gasteiger partial charge on any atom is 0.345 e. The molecule has 3 aromatic rings. The first-order chi connectivity index (χ1) is 13.0. The summed E-state index contributed by atoms with van der Waals surface area (Å²) in [7, 11) is 3.23. The van der Waals surface area contributed by atoms with Crippen LogP contribution in [0.2, 0.25) is 0 Å². The zero-order chi connectivity index (χ0) is 19.4. The number of thiophene rings is 1. The van der Waals surface area contributed by atoms with Gasteiger partial charge in [-0.15, -0.1) is 11.3 Å². The van der Waals surface area contributed by atoms with Gasteiger partial charge in [-0.2, -0.15) is 0 Å². The van der Waals surface area contributed by atoms with Crippen LogP contribution in [0.5, 0.6) is 11.5 Å². The van der Waals surface area contributed by atoms with Crippen LogP contribution in [0.1, 0.15) is 31.5 Å². The Balaban J connectivity index is 1.57. The van der Waals surface area contributed by atoms with Crippen molar-refractivity contribution in [2.24, 2.45) is 0 Å². The van der Waals surface area contributed by atoms with Gasteiger partial charge >= 0.3 is 5.97 Å². The van der Waals surface area contributed by atoms with E-state index in [1.165, 1.54) is 12.1 Å². The second-order valence-corrected chi connectivity index (χ2v) is 7.00. The molecular formula is C19H20N2O5S. The van der Waals surface area contributed by atoms with Gasteiger partial charge in [-0.05, 0) is 31.0 Å². The van der Waals surface area contributed by atoms with Gasteiger partial charge in [0.2, 0.25) is 0 Å². The van der Waals surface area contributed by atoms with E-state index in [4.69, 9.17) is 14.6 Å². The van der Waals surface area contributed by atoms with E-state index in [0.717, 1.165) is 52.3 Å². The monoisotopic (exact) mass is 388 g/mol. The Labute approximate surface area is 159 Å². The molecule has 0 bridgehead atoms. The molecule has 0 unspecified atom stereocenters. The number of ether oxygens (including phenoxy) is 2. The number of carboxylic acids is 1. The number of aromatic carboxylic acids is 1. The fourth-order valence-corrected chi connectivity index (χ4v) is 3.56. The lowest BCUT2D eigenvalue weighted by Gasteiger charge is -2.04. The molecule has 0 aliphatic carbocycles. The number of benzene rings is 1. The summed E-state index contributed by atoms with van der Waals surface area (Å²) in [5.41, 5.74) is 1.97. The number of hydrogen-bond donors (Lipinski definition) is 3. The Hall–Kier alpha value is -3.00. The summed E-state index contributed by atoms with van der Waals surface area (Å²) in [6, 6.07) is 8.76. The van der Waals surface area contributed by atoms with Gasteiger partial charge in [0, 0.05) is 29.8 Å². The van der Waals surface area contributed by atoms with Crippen molar-refractivity contribution in [3.8, 4) is 11.5 Å². The lowest BCUT2D eigenvalue weighted by molar-refractivity contribution is 0.0702. The highest BCUT2D eigenvalue weighted by Gasteiger charge is 2.13. The fraction of sp³-hybridized carbons (Fsp3) is 0.263. The van der Waals surface area contributed by atoms with Crippen LogP contribution in [0.15, 0.2) is 30.3 Å². The molecule has 0 atom stereocenters. The molecule has 0 saturated heterocycles. The number of carbonyl (C=O) groups is 2. The molecule has 1 amide bonds. The van der Waals surface area contributed by atoms with Crippen LogP contribution in [-0.4, -0.2) is 42.7 Å². The topological polar surface area (TPSA) is 101 Å². The predicted octanol–water partition coefficient (Wildman–Crippen LogP) is 3.31. The molecule has 2 heterocycles. The van der Waals surface area contributed by atoms with E-state index >= 15 is 0 Å². The third-order valence-electron chi connectivity index (χ3n) is 4.13. The van der Waals surface area contributed by atoms with Crippen LogP contribution in [0.4, 0.5) is 0 Å².